The number of nitriles is 1. The van der Waals surface area contributed by atoms with Crippen LogP contribution in [0.15, 0.2) is 17.0 Å². The van der Waals surface area contributed by atoms with Crippen molar-refractivity contribution >= 4 is 21.9 Å². The van der Waals surface area contributed by atoms with E-state index in [0.717, 1.165) is 23.9 Å². The molecule has 0 bridgehead atoms. The Morgan fingerprint density at radius 1 is 1.50 bits per heavy atom. The fourth-order valence-electron chi connectivity index (χ4n) is 1.05. The number of hydrogen-bond acceptors (Lipinski definition) is 5. The van der Waals surface area contributed by atoms with Crippen LogP contribution in [0.3, 0.4) is 0 Å². The van der Waals surface area contributed by atoms with Crippen molar-refractivity contribution < 1.29 is 53.5 Å². The summed E-state index contributed by atoms with van der Waals surface area (Å²) in [6.45, 7) is 0. The molecule has 5 nitrogen and oxygen atoms in total. The van der Waals surface area contributed by atoms with Gasteiger partial charge in [0.25, 0.3) is 10.1 Å². The molecule has 0 aliphatic carbocycles. The van der Waals surface area contributed by atoms with Gasteiger partial charge in [-0.25, -0.2) is 4.39 Å². The van der Waals surface area contributed by atoms with Crippen molar-refractivity contribution in [1.82, 2.24) is 0 Å². The fourth-order valence-corrected chi connectivity index (χ4v) is 2.93. The number of benzene rings is 1. The summed E-state index contributed by atoms with van der Waals surface area (Å²) in [7, 11) is -4.09. The summed E-state index contributed by atoms with van der Waals surface area (Å²) in [6.07, 6.45) is 0. The van der Waals surface area contributed by atoms with Gasteiger partial charge in [0, 0.05) is 16.7 Å². The number of phenolic OH excluding ortho intramolecular Hbond substituents is 1. The Balaban J connectivity index is 0. The molecule has 0 fully saturated rings. The second-order valence-electron chi connectivity index (χ2n) is 3.05. The first-order valence-corrected chi connectivity index (χ1v) is 6.93. The van der Waals surface area contributed by atoms with Gasteiger partial charge >= 0.3 is 29.6 Å². The van der Waals surface area contributed by atoms with Crippen LogP contribution in [0.4, 0.5) is 4.39 Å². The van der Waals surface area contributed by atoms with E-state index in [9.17, 15) is 12.8 Å². The zero-order valence-electron chi connectivity index (χ0n) is 10.4. The topological polar surface area (TPSA) is 98.4 Å². The van der Waals surface area contributed by atoms with Crippen molar-refractivity contribution in [3.63, 3.8) is 0 Å². The van der Waals surface area contributed by atoms with Crippen LogP contribution in [0.1, 0.15) is 6.99 Å². The molecule has 0 aliphatic rings. The maximum Gasteiger partial charge on any atom is 1.00 e. The molecule has 9 heteroatoms. The van der Waals surface area contributed by atoms with Crippen LogP contribution in [0.25, 0.3) is 0 Å². The molecular formula is C9H9FNNaO4S2. The van der Waals surface area contributed by atoms with E-state index in [2.05, 4.69) is 0 Å². The van der Waals surface area contributed by atoms with Crippen LogP contribution < -0.4 is 29.6 Å². The molecule has 0 amide bonds. The third-order valence-corrected chi connectivity index (χ3v) is 3.77. The SMILES string of the molecule is N#Cc1c(F)cc(O)cc1SCCS(=O)(=O)O.[H-].[Na+]. The molecule has 1 rings (SSSR count). The molecule has 2 N–H and O–H groups in total. The first kappa shape index (κ1) is 17.7. The Hall–Kier alpha value is -0.300. The number of rotatable bonds is 4. The molecule has 18 heavy (non-hydrogen) atoms. The average Bonchev–Trinajstić information content (AvgIpc) is 2.14. The molecule has 0 aromatic heterocycles. The molecule has 0 atom stereocenters. The van der Waals surface area contributed by atoms with E-state index in [1.807, 2.05) is 0 Å². The maximum absolute atomic E-state index is 13.2. The maximum atomic E-state index is 13.2. The second-order valence-corrected chi connectivity index (χ2v) is 5.76. The predicted octanol–water partition coefficient (Wildman–Crippen LogP) is -1.50. The van der Waals surface area contributed by atoms with Gasteiger partial charge < -0.3 is 6.53 Å². The van der Waals surface area contributed by atoms with Crippen LogP contribution in [-0.4, -0.2) is 29.6 Å². The molecule has 0 heterocycles. The van der Waals surface area contributed by atoms with Crippen molar-refractivity contribution in [2.75, 3.05) is 11.5 Å². The van der Waals surface area contributed by atoms with Gasteiger partial charge in [-0.05, 0) is 6.07 Å². The summed E-state index contributed by atoms with van der Waals surface area (Å²) in [5.41, 5.74) is -0.261. The van der Waals surface area contributed by atoms with Crippen molar-refractivity contribution in [2.24, 2.45) is 0 Å². The quantitative estimate of drug-likeness (QED) is 0.399. The van der Waals surface area contributed by atoms with Crippen LogP contribution in [0.2, 0.25) is 0 Å². The smallest absolute Gasteiger partial charge is 1.00 e. The molecular weight excluding hydrogens is 292 g/mol. The number of halogens is 1. The van der Waals surface area contributed by atoms with Gasteiger partial charge in [-0.3, -0.25) is 4.55 Å². The molecule has 0 saturated carbocycles. The number of nitrogens with zero attached hydrogens (tertiary/aromatic N) is 1. The summed E-state index contributed by atoms with van der Waals surface area (Å²) in [5.74, 6) is -1.78. The standard InChI is InChI=1S/C9H8FNO4S2.Na.H/c10-8-3-6(12)4-9(7(8)5-11)16-1-2-17(13,14)15;;/h3-4,12H,1-2H2,(H,13,14,15);;/q;+1;-1. The normalized spacial score (nSPS) is 10.5. The predicted molar refractivity (Wildman–Crippen MR) is 61.0 cm³/mol. The average molecular weight is 301 g/mol. The Morgan fingerprint density at radius 3 is 2.61 bits per heavy atom. The van der Waals surface area contributed by atoms with Gasteiger partial charge in [0.1, 0.15) is 23.2 Å². The van der Waals surface area contributed by atoms with E-state index in [4.69, 9.17) is 14.9 Å². The van der Waals surface area contributed by atoms with E-state index in [0.29, 0.717) is 0 Å². The Labute approximate surface area is 132 Å². The van der Waals surface area contributed by atoms with Gasteiger partial charge in [0.05, 0.1) is 5.75 Å². The van der Waals surface area contributed by atoms with Gasteiger partial charge in [0.2, 0.25) is 0 Å². The Bertz CT molecular complexity index is 576. The van der Waals surface area contributed by atoms with E-state index < -0.39 is 21.7 Å². The zero-order valence-corrected chi connectivity index (χ0v) is 13.1. The number of thioether (sulfide) groups is 1. The molecule has 1 aromatic rings. The first-order valence-electron chi connectivity index (χ1n) is 4.34. The van der Waals surface area contributed by atoms with Crippen molar-refractivity contribution in [1.29, 1.82) is 5.26 Å². The van der Waals surface area contributed by atoms with Gasteiger partial charge in [-0.15, -0.1) is 11.8 Å². The third-order valence-electron chi connectivity index (χ3n) is 1.75. The van der Waals surface area contributed by atoms with Crippen molar-refractivity contribution in [2.45, 2.75) is 4.90 Å². The van der Waals surface area contributed by atoms with E-state index in [1.54, 1.807) is 6.07 Å². The number of hydrogen-bond donors (Lipinski definition) is 2. The first-order chi connectivity index (χ1) is 7.83. The van der Waals surface area contributed by atoms with Gasteiger partial charge in [-0.1, -0.05) is 0 Å². The minimum atomic E-state index is -4.09. The Morgan fingerprint density at radius 2 is 2.11 bits per heavy atom. The van der Waals surface area contributed by atoms with Crippen LogP contribution in [0, 0.1) is 17.1 Å². The minimum absolute atomic E-state index is 0. The van der Waals surface area contributed by atoms with Crippen LogP contribution >= 0.6 is 11.8 Å². The van der Waals surface area contributed by atoms with E-state index in [-0.39, 0.29) is 52.9 Å². The van der Waals surface area contributed by atoms with Crippen molar-refractivity contribution in [3.8, 4) is 11.8 Å². The minimum Gasteiger partial charge on any atom is -1.00 e. The van der Waals surface area contributed by atoms with E-state index in [1.165, 1.54) is 0 Å². The van der Waals surface area contributed by atoms with Gasteiger partial charge in [0.15, 0.2) is 0 Å². The second kappa shape index (κ2) is 7.33. The molecule has 0 saturated heterocycles. The Kier molecular flexibility index (Phi) is 7.21. The number of aromatic hydroxyl groups is 1. The summed E-state index contributed by atoms with van der Waals surface area (Å²) < 4.78 is 42.6. The zero-order chi connectivity index (χ0) is 13.1. The summed E-state index contributed by atoms with van der Waals surface area (Å²) in [4.78, 5) is 0.133. The number of phenols is 1. The molecule has 0 spiro atoms. The van der Waals surface area contributed by atoms with Crippen molar-refractivity contribution in [3.05, 3.63) is 23.5 Å². The molecule has 1 aromatic carbocycles. The summed E-state index contributed by atoms with van der Waals surface area (Å²) >= 11 is 0.865. The molecule has 0 unspecified atom stereocenters. The largest absolute Gasteiger partial charge is 1.00 e. The summed E-state index contributed by atoms with van der Waals surface area (Å²) in [5, 5.41) is 17.8. The van der Waals surface area contributed by atoms with Gasteiger partial charge in [-0.2, -0.15) is 13.7 Å². The van der Waals surface area contributed by atoms with Crippen LogP contribution in [-0.2, 0) is 10.1 Å². The third kappa shape index (κ3) is 5.56. The molecule has 0 radical (unpaired) electrons. The monoisotopic (exact) mass is 301 g/mol. The fraction of sp³-hybridized carbons (Fsp3) is 0.222. The molecule has 0 aliphatic heterocycles. The summed E-state index contributed by atoms with van der Waals surface area (Å²) in [6, 6.07) is 3.58. The van der Waals surface area contributed by atoms with E-state index >= 15 is 0 Å². The molecule has 94 valence electrons. The van der Waals surface area contributed by atoms with Crippen LogP contribution in [0.5, 0.6) is 5.75 Å².